The van der Waals surface area contributed by atoms with E-state index in [0.29, 0.717) is 0 Å². The van der Waals surface area contributed by atoms with Crippen LogP contribution < -0.4 is 5.32 Å². The van der Waals surface area contributed by atoms with Crippen molar-refractivity contribution >= 4 is 12.0 Å². The number of amides is 1. The van der Waals surface area contributed by atoms with E-state index in [1.165, 1.54) is 6.08 Å². The maximum absolute atomic E-state index is 12.1. The molecule has 0 fully saturated rings. The molecule has 0 saturated carbocycles. The molecule has 1 aromatic carbocycles. The first-order valence-electron chi connectivity index (χ1n) is 8.55. The molecule has 26 heavy (non-hydrogen) atoms. The van der Waals surface area contributed by atoms with Crippen LogP contribution >= 0.6 is 0 Å². The Hall–Kier alpha value is -3.21. The van der Waals surface area contributed by atoms with Gasteiger partial charge in [0.1, 0.15) is 0 Å². The quantitative estimate of drug-likeness (QED) is 0.715. The van der Waals surface area contributed by atoms with E-state index in [9.17, 15) is 4.79 Å². The number of aryl methyl sites for hydroxylation is 2. The molecule has 0 aliphatic carbocycles. The van der Waals surface area contributed by atoms with Gasteiger partial charge in [0.05, 0.1) is 17.4 Å². The Morgan fingerprint density at radius 3 is 2.42 bits per heavy atom. The van der Waals surface area contributed by atoms with Gasteiger partial charge in [0.15, 0.2) is 0 Å². The Morgan fingerprint density at radius 1 is 1.12 bits per heavy atom. The summed E-state index contributed by atoms with van der Waals surface area (Å²) in [5.74, 6) is -0.128. The van der Waals surface area contributed by atoms with Gasteiger partial charge in [0.2, 0.25) is 5.91 Å². The van der Waals surface area contributed by atoms with Gasteiger partial charge < -0.3 is 5.32 Å². The van der Waals surface area contributed by atoms with Crippen molar-refractivity contribution in [3.8, 4) is 5.69 Å². The molecule has 3 aromatic rings. The van der Waals surface area contributed by atoms with E-state index in [-0.39, 0.29) is 11.9 Å². The van der Waals surface area contributed by atoms with Gasteiger partial charge in [-0.2, -0.15) is 5.10 Å². The number of carbonyl (C=O) groups excluding carboxylic acids is 1. The minimum absolute atomic E-state index is 0.0842. The second kappa shape index (κ2) is 7.78. The van der Waals surface area contributed by atoms with Gasteiger partial charge in [-0.1, -0.05) is 12.1 Å². The van der Waals surface area contributed by atoms with E-state index in [1.54, 1.807) is 18.5 Å². The van der Waals surface area contributed by atoms with Crippen molar-refractivity contribution in [1.82, 2.24) is 20.1 Å². The molecular weight excluding hydrogens is 324 g/mol. The molecule has 0 aliphatic rings. The van der Waals surface area contributed by atoms with E-state index in [4.69, 9.17) is 0 Å². The molecule has 1 amide bonds. The topological polar surface area (TPSA) is 59.8 Å². The molecule has 0 saturated heterocycles. The highest BCUT2D eigenvalue weighted by atomic mass is 16.1. The van der Waals surface area contributed by atoms with E-state index in [0.717, 1.165) is 28.2 Å². The summed E-state index contributed by atoms with van der Waals surface area (Å²) >= 11 is 0. The van der Waals surface area contributed by atoms with E-state index < -0.39 is 0 Å². The molecule has 0 bridgehead atoms. The van der Waals surface area contributed by atoms with Gasteiger partial charge in [-0.25, -0.2) is 4.68 Å². The fraction of sp³-hybridized carbons (Fsp3) is 0.190. The number of hydrogen-bond acceptors (Lipinski definition) is 3. The van der Waals surface area contributed by atoms with Crippen LogP contribution in [-0.2, 0) is 4.79 Å². The molecule has 3 rings (SSSR count). The third kappa shape index (κ3) is 4.25. The molecule has 132 valence electrons. The predicted molar refractivity (Wildman–Crippen MR) is 103 cm³/mol. The molecule has 0 unspecified atom stereocenters. The lowest BCUT2D eigenvalue weighted by atomic mass is 10.1. The smallest absolute Gasteiger partial charge is 0.244 e. The van der Waals surface area contributed by atoms with Crippen molar-refractivity contribution in [1.29, 1.82) is 0 Å². The van der Waals surface area contributed by atoms with Gasteiger partial charge >= 0.3 is 0 Å². The second-order valence-corrected chi connectivity index (χ2v) is 6.27. The number of carbonyl (C=O) groups is 1. The molecule has 2 heterocycles. The number of aromatic nitrogens is 3. The van der Waals surface area contributed by atoms with Crippen molar-refractivity contribution in [2.24, 2.45) is 0 Å². The van der Waals surface area contributed by atoms with Crippen LogP contribution in [0.15, 0.2) is 60.9 Å². The SMILES string of the molecule is Cc1cc(C)n(-c2ccc([C@H](C)NC(=O)/C=C/c3ccncc3)cc2)n1. The van der Waals surface area contributed by atoms with Crippen molar-refractivity contribution in [2.45, 2.75) is 26.8 Å². The average Bonchev–Trinajstić information content (AvgIpc) is 2.99. The Balaban J connectivity index is 1.64. The maximum Gasteiger partial charge on any atom is 0.244 e. The van der Waals surface area contributed by atoms with Crippen molar-refractivity contribution in [2.75, 3.05) is 0 Å². The van der Waals surface area contributed by atoms with Crippen molar-refractivity contribution in [3.05, 3.63) is 83.4 Å². The molecule has 1 atom stereocenters. The minimum Gasteiger partial charge on any atom is -0.346 e. The molecule has 0 radical (unpaired) electrons. The van der Waals surface area contributed by atoms with Crippen LogP contribution in [0, 0.1) is 13.8 Å². The first-order chi connectivity index (χ1) is 12.5. The first kappa shape index (κ1) is 17.6. The molecule has 5 heteroatoms. The molecule has 0 aliphatic heterocycles. The highest BCUT2D eigenvalue weighted by Crippen LogP contribution is 2.17. The summed E-state index contributed by atoms with van der Waals surface area (Å²) in [6.45, 7) is 5.98. The van der Waals surface area contributed by atoms with Crippen LogP contribution in [0.3, 0.4) is 0 Å². The Kier molecular flexibility index (Phi) is 5.27. The zero-order valence-electron chi connectivity index (χ0n) is 15.2. The van der Waals surface area contributed by atoms with E-state index in [1.807, 2.05) is 67.9 Å². The summed E-state index contributed by atoms with van der Waals surface area (Å²) in [4.78, 5) is 16.1. The van der Waals surface area contributed by atoms with Crippen molar-refractivity contribution in [3.63, 3.8) is 0 Å². The summed E-state index contributed by atoms with van der Waals surface area (Å²) in [6.07, 6.45) is 6.71. The number of benzene rings is 1. The zero-order chi connectivity index (χ0) is 18.5. The standard InChI is InChI=1S/C21H22N4O/c1-15-14-16(2)25(24-15)20-7-5-19(6-8-20)17(3)23-21(26)9-4-18-10-12-22-13-11-18/h4-14,17H,1-3H3,(H,23,26)/b9-4+/t17-/m0/s1. The Bertz CT molecular complexity index is 911. The molecule has 1 N–H and O–H groups in total. The second-order valence-electron chi connectivity index (χ2n) is 6.27. The lowest BCUT2D eigenvalue weighted by Crippen LogP contribution is -2.24. The highest BCUT2D eigenvalue weighted by Gasteiger charge is 2.09. The average molecular weight is 346 g/mol. The summed E-state index contributed by atoms with van der Waals surface area (Å²) in [5.41, 5.74) is 5.08. The van der Waals surface area contributed by atoms with Gasteiger partial charge in [-0.3, -0.25) is 9.78 Å². The maximum atomic E-state index is 12.1. The largest absolute Gasteiger partial charge is 0.346 e. The number of nitrogens with one attached hydrogen (secondary N) is 1. The number of rotatable bonds is 5. The van der Waals surface area contributed by atoms with Gasteiger partial charge in [0, 0.05) is 24.2 Å². The van der Waals surface area contributed by atoms with Crippen LogP contribution in [-0.4, -0.2) is 20.7 Å². The van der Waals surface area contributed by atoms with Crippen LogP contribution in [0.4, 0.5) is 0 Å². The summed E-state index contributed by atoms with van der Waals surface area (Å²) in [6, 6.07) is 13.7. The van der Waals surface area contributed by atoms with Crippen LogP contribution in [0.2, 0.25) is 0 Å². The molecular formula is C21H22N4O. The number of pyridine rings is 1. The summed E-state index contributed by atoms with van der Waals surface area (Å²) in [5, 5.41) is 7.47. The van der Waals surface area contributed by atoms with Gasteiger partial charge in [-0.15, -0.1) is 0 Å². The third-order valence-corrected chi connectivity index (χ3v) is 4.14. The molecule has 5 nitrogen and oxygen atoms in total. The van der Waals surface area contributed by atoms with Crippen molar-refractivity contribution < 1.29 is 4.79 Å². The fourth-order valence-corrected chi connectivity index (χ4v) is 2.79. The van der Waals surface area contributed by atoms with Crippen LogP contribution in [0.25, 0.3) is 11.8 Å². The Morgan fingerprint density at radius 2 is 1.81 bits per heavy atom. The lowest BCUT2D eigenvalue weighted by molar-refractivity contribution is -0.117. The first-order valence-corrected chi connectivity index (χ1v) is 8.55. The fourth-order valence-electron chi connectivity index (χ4n) is 2.79. The predicted octanol–water partition coefficient (Wildman–Crippen LogP) is 3.77. The number of nitrogens with zero attached hydrogens (tertiary/aromatic N) is 3. The van der Waals surface area contributed by atoms with E-state index in [2.05, 4.69) is 15.4 Å². The Labute approximate surface area is 153 Å². The van der Waals surface area contributed by atoms with Crippen LogP contribution in [0.1, 0.15) is 35.5 Å². The molecule has 0 spiro atoms. The summed E-state index contributed by atoms with van der Waals surface area (Å²) < 4.78 is 1.92. The lowest BCUT2D eigenvalue weighted by Gasteiger charge is -2.14. The number of hydrogen-bond donors (Lipinski definition) is 1. The zero-order valence-corrected chi connectivity index (χ0v) is 15.2. The van der Waals surface area contributed by atoms with Gasteiger partial charge in [0.25, 0.3) is 0 Å². The van der Waals surface area contributed by atoms with Gasteiger partial charge in [-0.05, 0) is 68.3 Å². The normalized spacial score (nSPS) is 12.3. The third-order valence-electron chi connectivity index (χ3n) is 4.14. The highest BCUT2D eigenvalue weighted by molar-refractivity contribution is 5.91. The van der Waals surface area contributed by atoms with E-state index >= 15 is 0 Å². The monoisotopic (exact) mass is 346 g/mol. The minimum atomic E-state index is -0.128. The van der Waals surface area contributed by atoms with Crippen LogP contribution in [0.5, 0.6) is 0 Å². The summed E-state index contributed by atoms with van der Waals surface area (Å²) in [7, 11) is 0. The molecule has 2 aromatic heterocycles.